The first-order chi connectivity index (χ1) is 14.9. The average Bonchev–Trinajstić information content (AvgIpc) is 3.28. The van der Waals surface area contributed by atoms with E-state index in [0.717, 1.165) is 9.86 Å². The summed E-state index contributed by atoms with van der Waals surface area (Å²) in [5, 5.41) is 21.0. The van der Waals surface area contributed by atoms with Crippen LogP contribution >= 0.6 is 15.9 Å². The number of halogens is 1. The van der Waals surface area contributed by atoms with Crippen molar-refractivity contribution in [2.75, 3.05) is 20.3 Å². The summed E-state index contributed by atoms with van der Waals surface area (Å²) in [7, 11) is 1.56. The van der Waals surface area contributed by atoms with E-state index < -0.39 is 23.5 Å². The second-order valence-corrected chi connectivity index (χ2v) is 8.14. The van der Waals surface area contributed by atoms with Gasteiger partial charge in [-0.2, -0.15) is 0 Å². The van der Waals surface area contributed by atoms with Gasteiger partial charge in [-0.05, 0) is 48.4 Å². The van der Waals surface area contributed by atoms with Gasteiger partial charge in [-0.15, -0.1) is 0 Å². The maximum absolute atomic E-state index is 13.4. The number of amides is 1. The lowest BCUT2D eigenvalue weighted by Crippen LogP contribution is -2.32. The lowest BCUT2D eigenvalue weighted by atomic mass is 9.95. The monoisotopic (exact) mass is 485 g/mol. The Hall–Kier alpha value is -3.10. The summed E-state index contributed by atoms with van der Waals surface area (Å²) < 4.78 is 11.6. The third-order valence-corrected chi connectivity index (χ3v) is 5.70. The Bertz CT molecular complexity index is 1180. The SMILES string of the molecule is COCCCN1C(=O)C(O)=C(C(=O)c2cc3cc(Br)ccc3o2)C1c1ccc(O)cc1. The Kier molecular flexibility index (Phi) is 5.84. The van der Waals surface area contributed by atoms with E-state index >= 15 is 0 Å². The van der Waals surface area contributed by atoms with Crippen LogP contribution in [0.3, 0.4) is 0 Å². The summed E-state index contributed by atoms with van der Waals surface area (Å²) in [4.78, 5) is 27.7. The molecule has 8 heteroatoms. The van der Waals surface area contributed by atoms with Crippen molar-refractivity contribution in [3.8, 4) is 5.75 Å². The summed E-state index contributed by atoms with van der Waals surface area (Å²) in [5.74, 6) is -1.70. The number of carbonyl (C=O) groups excluding carboxylic acids is 2. The van der Waals surface area contributed by atoms with E-state index in [9.17, 15) is 19.8 Å². The van der Waals surface area contributed by atoms with Crippen LogP contribution in [0.5, 0.6) is 5.75 Å². The van der Waals surface area contributed by atoms with Gasteiger partial charge in [0.15, 0.2) is 11.5 Å². The number of methoxy groups -OCH3 is 1. The number of Topliss-reactive ketones (excluding diaryl/α,β-unsaturated/α-hetero) is 1. The molecule has 0 saturated heterocycles. The number of ketones is 1. The fraction of sp³-hybridized carbons (Fsp3) is 0.217. The number of hydrogen-bond acceptors (Lipinski definition) is 6. The Morgan fingerprint density at radius 2 is 1.90 bits per heavy atom. The maximum atomic E-state index is 13.4. The molecule has 160 valence electrons. The van der Waals surface area contributed by atoms with Crippen molar-refractivity contribution < 1.29 is 29.0 Å². The van der Waals surface area contributed by atoms with Crippen LogP contribution in [0.1, 0.15) is 28.6 Å². The zero-order valence-corrected chi connectivity index (χ0v) is 18.3. The van der Waals surface area contributed by atoms with Gasteiger partial charge in [0.1, 0.15) is 11.3 Å². The Morgan fingerprint density at radius 1 is 1.16 bits per heavy atom. The first-order valence-electron chi connectivity index (χ1n) is 9.66. The number of aliphatic hydroxyl groups is 1. The smallest absolute Gasteiger partial charge is 0.290 e. The molecule has 1 aliphatic heterocycles. The van der Waals surface area contributed by atoms with Crippen LogP contribution in [-0.4, -0.2) is 47.1 Å². The number of furan rings is 1. The van der Waals surface area contributed by atoms with E-state index in [1.807, 2.05) is 6.07 Å². The first-order valence-corrected chi connectivity index (χ1v) is 10.5. The second kappa shape index (κ2) is 8.56. The molecule has 7 nitrogen and oxygen atoms in total. The number of hydrogen-bond donors (Lipinski definition) is 2. The molecule has 0 aliphatic carbocycles. The van der Waals surface area contributed by atoms with E-state index in [2.05, 4.69) is 15.9 Å². The second-order valence-electron chi connectivity index (χ2n) is 7.22. The largest absolute Gasteiger partial charge is 0.508 e. The van der Waals surface area contributed by atoms with E-state index in [0.29, 0.717) is 24.2 Å². The third-order valence-electron chi connectivity index (χ3n) is 5.21. The molecule has 2 heterocycles. The Labute approximate surface area is 186 Å². The number of carbonyl (C=O) groups is 2. The highest BCUT2D eigenvalue weighted by Crippen LogP contribution is 2.40. The lowest BCUT2D eigenvalue weighted by molar-refractivity contribution is -0.129. The fourth-order valence-corrected chi connectivity index (χ4v) is 4.14. The molecular weight excluding hydrogens is 466 g/mol. The fourth-order valence-electron chi connectivity index (χ4n) is 3.76. The number of aromatic hydroxyl groups is 1. The minimum absolute atomic E-state index is 0.0324. The average molecular weight is 486 g/mol. The van der Waals surface area contributed by atoms with Crippen LogP contribution in [0.15, 0.2) is 68.8 Å². The minimum Gasteiger partial charge on any atom is -0.508 e. The molecule has 1 atom stereocenters. The van der Waals surface area contributed by atoms with Crippen LogP contribution in [0.2, 0.25) is 0 Å². The van der Waals surface area contributed by atoms with E-state index in [4.69, 9.17) is 9.15 Å². The van der Waals surface area contributed by atoms with Gasteiger partial charge >= 0.3 is 0 Å². The number of aliphatic hydroxyl groups excluding tert-OH is 1. The molecule has 0 bridgehead atoms. The van der Waals surface area contributed by atoms with Crippen LogP contribution in [-0.2, 0) is 9.53 Å². The number of nitrogens with zero attached hydrogens (tertiary/aromatic N) is 1. The summed E-state index contributed by atoms with van der Waals surface area (Å²) >= 11 is 3.39. The highest BCUT2D eigenvalue weighted by Gasteiger charge is 2.44. The number of ether oxygens (including phenoxy) is 1. The van der Waals surface area contributed by atoms with Crippen molar-refractivity contribution in [1.82, 2.24) is 4.90 Å². The summed E-state index contributed by atoms with van der Waals surface area (Å²) in [6, 6.07) is 12.3. The van der Waals surface area contributed by atoms with Crippen molar-refractivity contribution in [3.63, 3.8) is 0 Å². The number of phenolic OH excluding ortho intramolecular Hbond substituents is 1. The van der Waals surface area contributed by atoms with Gasteiger partial charge in [-0.3, -0.25) is 9.59 Å². The molecule has 2 aromatic carbocycles. The molecule has 1 aliphatic rings. The first kappa shape index (κ1) is 21.1. The van der Waals surface area contributed by atoms with E-state index in [1.54, 1.807) is 37.4 Å². The van der Waals surface area contributed by atoms with Gasteiger partial charge in [0.05, 0.1) is 11.6 Å². The van der Waals surface area contributed by atoms with Crippen molar-refractivity contribution in [2.24, 2.45) is 0 Å². The lowest BCUT2D eigenvalue weighted by Gasteiger charge is -2.26. The van der Waals surface area contributed by atoms with Crippen molar-refractivity contribution in [1.29, 1.82) is 0 Å². The highest BCUT2D eigenvalue weighted by molar-refractivity contribution is 9.10. The standard InChI is InChI=1S/C23H20BrNO6/c1-30-10-2-9-25-20(13-3-6-16(26)7-4-13)19(22(28)23(25)29)21(27)18-12-14-11-15(24)5-8-17(14)31-18/h3-8,11-12,20,26,28H,2,9-10H2,1H3. The van der Waals surface area contributed by atoms with Gasteiger partial charge < -0.3 is 24.3 Å². The van der Waals surface area contributed by atoms with Gasteiger partial charge in [0, 0.05) is 30.1 Å². The molecule has 1 amide bonds. The molecular formula is C23H20BrNO6. The third kappa shape index (κ3) is 3.96. The molecule has 0 spiro atoms. The number of phenols is 1. The quantitative estimate of drug-likeness (QED) is 0.377. The highest BCUT2D eigenvalue weighted by atomic mass is 79.9. The van der Waals surface area contributed by atoms with E-state index in [1.165, 1.54) is 17.0 Å². The molecule has 0 radical (unpaired) electrons. The Balaban J connectivity index is 1.76. The molecule has 31 heavy (non-hydrogen) atoms. The van der Waals surface area contributed by atoms with Crippen molar-refractivity contribution in [3.05, 3.63) is 75.7 Å². The van der Waals surface area contributed by atoms with Crippen LogP contribution in [0, 0.1) is 0 Å². The molecule has 0 saturated carbocycles. The number of benzene rings is 2. The zero-order valence-electron chi connectivity index (χ0n) is 16.7. The molecule has 2 N–H and O–H groups in total. The molecule has 3 aromatic rings. The zero-order chi connectivity index (χ0) is 22.1. The van der Waals surface area contributed by atoms with Gasteiger partial charge in [-0.1, -0.05) is 28.1 Å². The summed E-state index contributed by atoms with van der Waals surface area (Å²) in [6.07, 6.45) is 0.532. The normalized spacial score (nSPS) is 16.5. The van der Waals surface area contributed by atoms with Gasteiger partial charge in [0.25, 0.3) is 5.91 Å². The summed E-state index contributed by atoms with van der Waals surface area (Å²) in [5.41, 5.74) is 1.06. The number of rotatable bonds is 7. The number of fused-ring (bicyclic) bond motifs is 1. The maximum Gasteiger partial charge on any atom is 0.290 e. The topological polar surface area (TPSA) is 100 Å². The Morgan fingerprint density at radius 3 is 2.61 bits per heavy atom. The minimum atomic E-state index is -0.808. The summed E-state index contributed by atoms with van der Waals surface area (Å²) in [6.45, 7) is 0.709. The van der Waals surface area contributed by atoms with Crippen molar-refractivity contribution >= 4 is 38.6 Å². The molecule has 4 rings (SSSR count). The van der Waals surface area contributed by atoms with Gasteiger partial charge in [-0.25, -0.2) is 0 Å². The molecule has 1 unspecified atom stereocenters. The molecule has 1 aromatic heterocycles. The molecule has 0 fully saturated rings. The predicted molar refractivity (Wildman–Crippen MR) is 117 cm³/mol. The van der Waals surface area contributed by atoms with Crippen LogP contribution in [0.25, 0.3) is 11.0 Å². The predicted octanol–water partition coefficient (Wildman–Crippen LogP) is 4.52. The van der Waals surface area contributed by atoms with E-state index in [-0.39, 0.29) is 23.6 Å². The van der Waals surface area contributed by atoms with Crippen molar-refractivity contribution in [2.45, 2.75) is 12.5 Å². The van der Waals surface area contributed by atoms with Crippen LogP contribution < -0.4 is 0 Å². The van der Waals surface area contributed by atoms with Crippen LogP contribution in [0.4, 0.5) is 0 Å². The van der Waals surface area contributed by atoms with Gasteiger partial charge in [0.2, 0.25) is 5.78 Å².